The number of para-hydroxylation sites is 2. The number of amides is 2. The van der Waals surface area contributed by atoms with E-state index in [4.69, 9.17) is 0 Å². The number of benzene rings is 2. The zero-order chi connectivity index (χ0) is 26.4. The highest BCUT2D eigenvalue weighted by atomic mass is 16.2. The molecule has 2 N–H and O–H groups in total. The summed E-state index contributed by atoms with van der Waals surface area (Å²) in [4.78, 5) is 41.4. The third-order valence-electron chi connectivity index (χ3n) is 8.80. The van der Waals surface area contributed by atoms with Gasteiger partial charge in [-0.3, -0.25) is 14.6 Å². The molecule has 2 saturated heterocycles. The fourth-order valence-corrected chi connectivity index (χ4v) is 6.79. The van der Waals surface area contributed by atoms with Gasteiger partial charge in [-0.1, -0.05) is 42.5 Å². The normalized spacial score (nSPS) is 19.3. The molecule has 2 fully saturated rings. The predicted octanol–water partition coefficient (Wildman–Crippen LogP) is 5.00. The van der Waals surface area contributed by atoms with Crippen LogP contribution < -0.4 is 0 Å². The molecule has 7 rings (SSSR count). The molecule has 2 aliphatic heterocycles. The molecule has 0 spiro atoms. The molecule has 7 heteroatoms. The third-order valence-corrected chi connectivity index (χ3v) is 8.80. The minimum Gasteiger partial charge on any atom is -0.361 e. The first-order valence-electron chi connectivity index (χ1n) is 13.7. The quantitative estimate of drug-likeness (QED) is 0.344. The van der Waals surface area contributed by atoms with E-state index in [1.54, 1.807) is 17.3 Å². The van der Waals surface area contributed by atoms with Gasteiger partial charge < -0.3 is 19.8 Å². The Morgan fingerprint density at radius 1 is 0.897 bits per heavy atom. The molecule has 5 heterocycles. The first kappa shape index (κ1) is 23.7. The van der Waals surface area contributed by atoms with E-state index in [2.05, 4.69) is 75.9 Å². The summed E-state index contributed by atoms with van der Waals surface area (Å²) < 4.78 is 0. The molecule has 7 nitrogen and oxygen atoms in total. The van der Waals surface area contributed by atoms with Crippen LogP contribution >= 0.6 is 0 Å². The molecule has 3 aromatic heterocycles. The number of H-pyrrole nitrogens is 2. The van der Waals surface area contributed by atoms with E-state index >= 15 is 0 Å². The molecule has 2 aliphatic rings. The minimum atomic E-state index is -0.289. The van der Waals surface area contributed by atoms with Crippen LogP contribution in [0.2, 0.25) is 0 Å². The summed E-state index contributed by atoms with van der Waals surface area (Å²) >= 11 is 0. The van der Waals surface area contributed by atoms with Crippen molar-refractivity contribution >= 4 is 33.6 Å². The Morgan fingerprint density at radius 3 is 2.15 bits per heavy atom. The van der Waals surface area contributed by atoms with Crippen LogP contribution in [0.4, 0.5) is 0 Å². The Balaban J connectivity index is 1.16. The van der Waals surface area contributed by atoms with Crippen LogP contribution in [0.3, 0.4) is 0 Å². The number of pyridine rings is 1. The van der Waals surface area contributed by atoms with Crippen LogP contribution in [0.1, 0.15) is 36.0 Å². The van der Waals surface area contributed by atoms with Crippen LogP contribution in [-0.4, -0.2) is 56.2 Å². The Hall–Kier alpha value is -4.39. The molecule has 0 unspecified atom stereocenters. The van der Waals surface area contributed by atoms with Gasteiger partial charge >= 0.3 is 0 Å². The van der Waals surface area contributed by atoms with Crippen molar-refractivity contribution < 1.29 is 9.59 Å². The molecule has 5 aromatic rings. The van der Waals surface area contributed by atoms with E-state index < -0.39 is 0 Å². The maximum Gasteiger partial charge on any atom is 0.227 e. The summed E-state index contributed by atoms with van der Waals surface area (Å²) in [5, 5.41) is 2.46. The lowest BCUT2D eigenvalue weighted by Gasteiger charge is -2.43. The summed E-state index contributed by atoms with van der Waals surface area (Å²) in [5.41, 5.74) is 5.58. The average Bonchev–Trinajstić information content (AvgIpc) is 3.71. The van der Waals surface area contributed by atoms with Gasteiger partial charge in [-0.25, -0.2) is 0 Å². The maximum atomic E-state index is 13.7. The lowest BCUT2D eigenvalue weighted by atomic mass is 9.67. The second-order valence-electron chi connectivity index (χ2n) is 10.9. The number of hydrogen-bond acceptors (Lipinski definition) is 3. The number of nitrogens with zero attached hydrogens (tertiary/aromatic N) is 3. The SMILES string of the molecule is O=C1C[C@H](C(=O)N2CCC(c3c[nH]c4ccccc34)(c3c[nH]c4ccccc34)CC2)CN1Cc1cccnc1. The number of aromatic nitrogens is 3. The predicted molar refractivity (Wildman–Crippen MR) is 151 cm³/mol. The molecule has 0 bridgehead atoms. The molecule has 1 atom stereocenters. The lowest BCUT2D eigenvalue weighted by Crippen LogP contribution is -2.47. The van der Waals surface area contributed by atoms with Crippen molar-refractivity contribution in [2.45, 2.75) is 31.2 Å². The zero-order valence-electron chi connectivity index (χ0n) is 21.8. The molecule has 0 radical (unpaired) electrons. The van der Waals surface area contributed by atoms with E-state index in [1.165, 1.54) is 21.9 Å². The standard InChI is InChI=1S/C32H31N5O2/c38-30-16-23(21-37(30)20-22-6-5-13-33-17-22)31(39)36-14-11-32(12-15-36,26-18-34-28-9-3-1-7-24(26)28)27-19-35-29-10-4-2-8-25(27)29/h1-10,13,17-19,23,34-35H,11-12,14-16,20-21H2/t23-/m0/s1. The van der Waals surface area contributed by atoms with E-state index in [9.17, 15) is 9.59 Å². The second kappa shape index (κ2) is 9.42. The number of piperidine rings is 1. The topological polar surface area (TPSA) is 85.1 Å². The van der Waals surface area contributed by atoms with Gasteiger partial charge in [0.05, 0.1) is 5.92 Å². The van der Waals surface area contributed by atoms with Gasteiger partial charge in [-0.05, 0) is 47.7 Å². The van der Waals surface area contributed by atoms with Gasteiger partial charge in [0, 0.05) is 84.6 Å². The van der Waals surface area contributed by atoms with Crippen molar-refractivity contribution in [3.63, 3.8) is 0 Å². The van der Waals surface area contributed by atoms with Crippen LogP contribution in [0.15, 0.2) is 85.5 Å². The highest BCUT2D eigenvalue weighted by Crippen LogP contribution is 2.47. The average molecular weight is 518 g/mol. The smallest absolute Gasteiger partial charge is 0.227 e. The number of aromatic amines is 2. The number of rotatable bonds is 5. The number of hydrogen-bond donors (Lipinski definition) is 2. The van der Waals surface area contributed by atoms with Gasteiger partial charge in [0.1, 0.15) is 0 Å². The minimum absolute atomic E-state index is 0.0427. The van der Waals surface area contributed by atoms with Crippen molar-refractivity contribution in [1.29, 1.82) is 0 Å². The van der Waals surface area contributed by atoms with E-state index in [0.29, 0.717) is 26.2 Å². The van der Waals surface area contributed by atoms with Gasteiger partial charge in [-0.2, -0.15) is 0 Å². The molecular weight excluding hydrogens is 486 g/mol. The highest BCUT2D eigenvalue weighted by Gasteiger charge is 2.44. The Bertz CT molecular complexity index is 1590. The molecule has 0 aliphatic carbocycles. The zero-order valence-corrected chi connectivity index (χ0v) is 21.8. The van der Waals surface area contributed by atoms with Crippen molar-refractivity contribution in [3.05, 3.63) is 102 Å². The number of nitrogens with one attached hydrogen (secondary N) is 2. The van der Waals surface area contributed by atoms with E-state index in [1.807, 2.05) is 17.0 Å². The largest absolute Gasteiger partial charge is 0.361 e. The Labute approximate surface area is 226 Å². The van der Waals surface area contributed by atoms with Crippen LogP contribution in [-0.2, 0) is 21.5 Å². The summed E-state index contributed by atoms with van der Waals surface area (Å²) in [7, 11) is 0. The summed E-state index contributed by atoms with van der Waals surface area (Å²) in [6.07, 6.45) is 9.76. The van der Waals surface area contributed by atoms with Crippen LogP contribution in [0, 0.1) is 5.92 Å². The van der Waals surface area contributed by atoms with Crippen molar-refractivity contribution in [3.8, 4) is 0 Å². The fourth-order valence-electron chi connectivity index (χ4n) is 6.79. The summed E-state index contributed by atoms with van der Waals surface area (Å²) in [5.74, 6) is -0.146. The van der Waals surface area contributed by atoms with Gasteiger partial charge in [0.15, 0.2) is 0 Å². The summed E-state index contributed by atoms with van der Waals surface area (Å²) in [6, 6.07) is 20.8. The molecule has 0 saturated carbocycles. The molecule has 2 aromatic carbocycles. The molecule has 196 valence electrons. The van der Waals surface area contributed by atoms with Crippen LogP contribution in [0.5, 0.6) is 0 Å². The molecule has 2 amide bonds. The van der Waals surface area contributed by atoms with Crippen LogP contribution in [0.25, 0.3) is 21.8 Å². The van der Waals surface area contributed by atoms with Crippen molar-refractivity contribution in [1.82, 2.24) is 24.8 Å². The lowest BCUT2D eigenvalue weighted by molar-refractivity contribution is -0.137. The number of carbonyl (C=O) groups is 2. The highest BCUT2D eigenvalue weighted by molar-refractivity contribution is 5.91. The van der Waals surface area contributed by atoms with E-state index in [-0.39, 0.29) is 29.6 Å². The molecular formula is C32H31N5O2. The second-order valence-corrected chi connectivity index (χ2v) is 10.9. The Morgan fingerprint density at radius 2 is 1.54 bits per heavy atom. The summed E-state index contributed by atoms with van der Waals surface area (Å²) in [6.45, 7) is 2.29. The monoisotopic (exact) mass is 517 g/mol. The maximum absolute atomic E-state index is 13.7. The molecule has 39 heavy (non-hydrogen) atoms. The van der Waals surface area contributed by atoms with Gasteiger partial charge in [0.25, 0.3) is 0 Å². The first-order valence-corrected chi connectivity index (χ1v) is 13.7. The Kier molecular flexibility index (Phi) is 5.72. The number of carbonyl (C=O) groups excluding carboxylic acids is 2. The van der Waals surface area contributed by atoms with Crippen molar-refractivity contribution in [2.24, 2.45) is 5.92 Å². The third kappa shape index (κ3) is 4.00. The fraction of sp³-hybridized carbons (Fsp3) is 0.281. The van der Waals surface area contributed by atoms with Gasteiger partial charge in [0.2, 0.25) is 11.8 Å². The number of fused-ring (bicyclic) bond motifs is 2. The number of likely N-dealkylation sites (tertiary alicyclic amines) is 2. The van der Waals surface area contributed by atoms with E-state index in [0.717, 1.165) is 29.4 Å². The van der Waals surface area contributed by atoms with Crippen molar-refractivity contribution in [2.75, 3.05) is 19.6 Å². The first-order chi connectivity index (χ1) is 19.1. The van der Waals surface area contributed by atoms with Gasteiger partial charge in [-0.15, -0.1) is 0 Å².